The second kappa shape index (κ2) is 12.7. The van der Waals surface area contributed by atoms with Crippen LogP contribution in [0.5, 0.6) is 11.5 Å². The molecule has 0 spiro atoms. The van der Waals surface area contributed by atoms with Gasteiger partial charge in [0.25, 0.3) is 5.91 Å². The van der Waals surface area contributed by atoms with E-state index < -0.39 is 0 Å². The van der Waals surface area contributed by atoms with Gasteiger partial charge in [-0.2, -0.15) is 4.98 Å². The van der Waals surface area contributed by atoms with E-state index in [2.05, 4.69) is 10.1 Å². The lowest BCUT2D eigenvalue weighted by Crippen LogP contribution is -2.47. The highest BCUT2D eigenvalue weighted by atomic mass is 35.5. The molecule has 2 amide bonds. The molecule has 1 saturated heterocycles. The highest BCUT2D eigenvalue weighted by molar-refractivity contribution is 6.30. The molecule has 11 heteroatoms. The number of hydrogen-bond acceptors (Lipinski definition) is 8. The number of likely N-dealkylation sites (tertiary alicyclic amines) is 1. The van der Waals surface area contributed by atoms with Gasteiger partial charge in [0, 0.05) is 30.8 Å². The average Bonchev–Trinajstić information content (AvgIpc) is 3.45. The number of benzene rings is 2. The zero-order valence-electron chi connectivity index (χ0n) is 21.7. The van der Waals surface area contributed by atoms with Crippen LogP contribution in [0, 0.1) is 0 Å². The van der Waals surface area contributed by atoms with Gasteiger partial charge in [0.2, 0.25) is 17.6 Å². The molecule has 1 atom stereocenters. The van der Waals surface area contributed by atoms with Gasteiger partial charge in [-0.3, -0.25) is 9.59 Å². The summed E-state index contributed by atoms with van der Waals surface area (Å²) in [5, 5.41) is 4.73. The van der Waals surface area contributed by atoms with Crippen LogP contribution in [0.4, 0.5) is 0 Å². The summed E-state index contributed by atoms with van der Waals surface area (Å²) in [7, 11) is 4.51. The van der Waals surface area contributed by atoms with Gasteiger partial charge in [0.1, 0.15) is 29.6 Å². The monoisotopic (exact) mass is 542 g/mol. The molecular weight excluding hydrogens is 512 g/mol. The molecule has 1 unspecified atom stereocenters. The first-order chi connectivity index (χ1) is 18.5. The minimum Gasteiger partial charge on any atom is -0.496 e. The van der Waals surface area contributed by atoms with Crippen LogP contribution in [0.3, 0.4) is 0 Å². The molecule has 2 heterocycles. The Morgan fingerprint density at radius 1 is 1.08 bits per heavy atom. The Labute approximate surface area is 226 Å². The Morgan fingerprint density at radius 2 is 1.79 bits per heavy atom. The highest BCUT2D eigenvalue weighted by Gasteiger charge is 2.34. The summed E-state index contributed by atoms with van der Waals surface area (Å²) in [6.07, 6.45) is 2.44. The van der Waals surface area contributed by atoms with Crippen LogP contribution in [0.2, 0.25) is 5.02 Å². The van der Waals surface area contributed by atoms with E-state index in [4.69, 9.17) is 30.3 Å². The Morgan fingerprint density at radius 3 is 2.45 bits per heavy atom. The summed E-state index contributed by atoms with van der Waals surface area (Å²) in [5.41, 5.74) is 1.02. The number of halogens is 1. The van der Waals surface area contributed by atoms with Gasteiger partial charge in [0.05, 0.1) is 20.8 Å². The van der Waals surface area contributed by atoms with E-state index >= 15 is 0 Å². The lowest BCUT2D eigenvalue weighted by Gasteiger charge is -2.35. The third kappa shape index (κ3) is 6.08. The lowest BCUT2D eigenvalue weighted by atomic mass is 10.0. The molecular formula is C27H31ClN4O6. The second-order valence-corrected chi connectivity index (χ2v) is 9.26. The number of ether oxygens (including phenoxy) is 3. The summed E-state index contributed by atoms with van der Waals surface area (Å²) >= 11 is 5.99. The van der Waals surface area contributed by atoms with E-state index in [1.165, 1.54) is 19.1 Å². The van der Waals surface area contributed by atoms with Crippen molar-refractivity contribution in [1.82, 2.24) is 19.9 Å². The van der Waals surface area contributed by atoms with E-state index in [1.807, 2.05) is 12.1 Å². The summed E-state index contributed by atoms with van der Waals surface area (Å²) in [5.74, 6) is 0.903. The van der Waals surface area contributed by atoms with E-state index in [0.29, 0.717) is 41.2 Å². The smallest absolute Gasteiger partial charge is 0.261 e. The van der Waals surface area contributed by atoms with E-state index in [-0.39, 0.29) is 43.1 Å². The molecule has 0 bridgehead atoms. The van der Waals surface area contributed by atoms with Crippen LogP contribution in [-0.2, 0) is 9.53 Å². The number of carbonyl (C=O) groups excluding carboxylic acids is 2. The SMILES string of the molecule is COCCN(CC(=O)N1CCCCC1c1nc(-c2ccc(Cl)cc2)no1)C(=O)c1c(OC)cccc1OC. The number of aromatic nitrogens is 2. The maximum atomic E-state index is 13.7. The number of rotatable bonds is 10. The normalized spacial score (nSPS) is 15.3. The molecule has 0 radical (unpaired) electrons. The minimum atomic E-state index is -0.388. The topological polar surface area (TPSA) is 107 Å². The van der Waals surface area contributed by atoms with E-state index in [1.54, 1.807) is 42.3 Å². The highest BCUT2D eigenvalue weighted by Crippen LogP contribution is 2.33. The molecule has 0 saturated carbocycles. The van der Waals surface area contributed by atoms with Crippen molar-refractivity contribution in [3.8, 4) is 22.9 Å². The molecule has 10 nitrogen and oxygen atoms in total. The van der Waals surface area contributed by atoms with Crippen molar-refractivity contribution in [1.29, 1.82) is 0 Å². The molecule has 1 aliphatic heterocycles. The number of carbonyl (C=O) groups is 2. The van der Waals surface area contributed by atoms with Gasteiger partial charge in [0.15, 0.2) is 0 Å². The van der Waals surface area contributed by atoms with Gasteiger partial charge in [-0.15, -0.1) is 0 Å². The van der Waals surface area contributed by atoms with Crippen molar-refractivity contribution in [2.24, 2.45) is 0 Å². The quantitative estimate of drug-likeness (QED) is 0.374. The van der Waals surface area contributed by atoms with E-state index in [0.717, 1.165) is 18.4 Å². The number of nitrogens with zero attached hydrogens (tertiary/aromatic N) is 4. The van der Waals surface area contributed by atoms with Crippen LogP contribution in [-0.4, -0.2) is 79.3 Å². The molecule has 0 aliphatic carbocycles. The zero-order valence-corrected chi connectivity index (χ0v) is 22.4. The van der Waals surface area contributed by atoms with Gasteiger partial charge < -0.3 is 28.5 Å². The Kier molecular flexibility index (Phi) is 9.19. The number of hydrogen-bond donors (Lipinski definition) is 0. The summed E-state index contributed by atoms with van der Waals surface area (Å²) in [6, 6.07) is 11.8. The standard InChI is InChI=1S/C27H31ClN4O6/c1-35-16-15-31(27(34)24-21(36-2)8-6-9-22(24)37-3)17-23(33)32-14-5-4-7-20(32)26-29-25(30-38-26)18-10-12-19(28)13-11-18/h6,8-13,20H,4-5,7,14-17H2,1-3H3. The van der Waals surface area contributed by atoms with Crippen molar-refractivity contribution >= 4 is 23.4 Å². The molecule has 1 aliphatic rings. The van der Waals surface area contributed by atoms with Crippen molar-refractivity contribution < 1.29 is 28.3 Å². The third-order valence-corrected chi connectivity index (χ3v) is 6.72. The maximum Gasteiger partial charge on any atom is 0.261 e. The van der Waals surface area contributed by atoms with Gasteiger partial charge in [-0.25, -0.2) is 0 Å². The fourth-order valence-electron chi connectivity index (χ4n) is 4.50. The van der Waals surface area contributed by atoms with Crippen molar-refractivity contribution in [2.45, 2.75) is 25.3 Å². The molecule has 38 heavy (non-hydrogen) atoms. The first-order valence-electron chi connectivity index (χ1n) is 12.3. The van der Waals surface area contributed by atoms with Crippen molar-refractivity contribution in [2.75, 3.05) is 47.6 Å². The van der Waals surface area contributed by atoms with Gasteiger partial charge in [-0.1, -0.05) is 22.8 Å². The fourth-order valence-corrected chi connectivity index (χ4v) is 4.63. The molecule has 1 fully saturated rings. The summed E-state index contributed by atoms with van der Waals surface area (Å²) < 4.78 is 21.6. The second-order valence-electron chi connectivity index (χ2n) is 8.82. The average molecular weight is 543 g/mol. The zero-order chi connectivity index (χ0) is 27.1. The first-order valence-corrected chi connectivity index (χ1v) is 12.7. The lowest BCUT2D eigenvalue weighted by molar-refractivity contribution is -0.136. The van der Waals surface area contributed by atoms with Crippen molar-refractivity contribution in [3.05, 3.63) is 58.9 Å². The molecule has 4 rings (SSSR count). The van der Waals surface area contributed by atoms with E-state index in [9.17, 15) is 9.59 Å². The van der Waals surface area contributed by atoms with Crippen LogP contribution in [0.15, 0.2) is 47.0 Å². The maximum absolute atomic E-state index is 13.7. The molecule has 2 aromatic carbocycles. The Balaban J connectivity index is 1.56. The predicted molar refractivity (Wildman–Crippen MR) is 140 cm³/mol. The van der Waals surface area contributed by atoms with Gasteiger partial charge >= 0.3 is 0 Å². The Bertz CT molecular complexity index is 1230. The van der Waals surface area contributed by atoms with Crippen LogP contribution >= 0.6 is 11.6 Å². The molecule has 0 N–H and O–H groups in total. The largest absolute Gasteiger partial charge is 0.496 e. The third-order valence-electron chi connectivity index (χ3n) is 6.47. The van der Waals surface area contributed by atoms with Gasteiger partial charge in [-0.05, 0) is 55.7 Å². The van der Waals surface area contributed by atoms with Crippen LogP contribution in [0.1, 0.15) is 41.6 Å². The first kappa shape index (κ1) is 27.4. The van der Waals surface area contributed by atoms with Crippen LogP contribution in [0.25, 0.3) is 11.4 Å². The Hall–Kier alpha value is -3.63. The van der Waals surface area contributed by atoms with Crippen molar-refractivity contribution in [3.63, 3.8) is 0 Å². The predicted octanol–water partition coefficient (Wildman–Crippen LogP) is 4.25. The van der Waals surface area contributed by atoms with Crippen LogP contribution < -0.4 is 9.47 Å². The minimum absolute atomic E-state index is 0.155. The number of piperidine rings is 1. The molecule has 3 aromatic rings. The number of methoxy groups -OCH3 is 3. The summed E-state index contributed by atoms with van der Waals surface area (Å²) in [4.78, 5) is 35.0. The molecule has 1 aromatic heterocycles. The number of amides is 2. The molecule has 202 valence electrons. The summed E-state index contributed by atoms with van der Waals surface area (Å²) in [6.45, 7) is 0.834. The fraction of sp³-hybridized carbons (Fsp3) is 0.407.